The van der Waals surface area contributed by atoms with Gasteiger partial charge in [-0.3, -0.25) is 0 Å². The number of rotatable bonds is 6. The Morgan fingerprint density at radius 2 is 0.776 bits per heavy atom. The van der Waals surface area contributed by atoms with Crippen LogP contribution in [0.2, 0.25) is 0 Å². The normalized spacial score (nSPS) is 11.3. The molecule has 3 heterocycles. The second-order valence-electron chi connectivity index (χ2n) is 11.9. The summed E-state index contributed by atoms with van der Waals surface area (Å²) >= 11 is 1.86. The zero-order valence-corrected chi connectivity index (χ0v) is 27.2. The minimum atomic E-state index is 0.534. The molecule has 230 valence electrons. The van der Waals surface area contributed by atoms with Gasteiger partial charge < -0.3 is 0 Å². The van der Waals surface area contributed by atoms with E-state index in [2.05, 4.69) is 103 Å². The molecule has 3 aromatic heterocycles. The Morgan fingerprint density at radius 3 is 1.45 bits per heavy atom. The van der Waals surface area contributed by atoms with Crippen molar-refractivity contribution < 1.29 is 0 Å². The highest BCUT2D eigenvalue weighted by Crippen LogP contribution is 2.44. The van der Waals surface area contributed by atoms with E-state index in [-0.39, 0.29) is 0 Å². The van der Waals surface area contributed by atoms with Crippen molar-refractivity contribution in [3.63, 3.8) is 0 Å². The van der Waals surface area contributed by atoms with Crippen molar-refractivity contribution in [2.75, 3.05) is 0 Å². The molecule has 0 aliphatic carbocycles. The van der Waals surface area contributed by atoms with Gasteiger partial charge >= 0.3 is 0 Å². The van der Waals surface area contributed by atoms with E-state index in [1.54, 1.807) is 0 Å². The maximum absolute atomic E-state index is 5.03. The van der Waals surface area contributed by atoms with Crippen molar-refractivity contribution in [2.45, 2.75) is 0 Å². The molecule has 0 saturated carbocycles. The van der Waals surface area contributed by atoms with Crippen molar-refractivity contribution in [1.29, 1.82) is 0 Å². The Labute approximate surface area is 288 Å². The molecule has 0 aliphatic heterocycles. The fraction of sp³-hybridized carbons (Fsp3) is 0. The third-order valence-corrected chi connectivity index (χ3v) is 10.0. The lowest BCUT2D eigenvalue weighted by atomic mass is 9.99. The number of pyridine rings is 1. The van der Waals surface area contributed by atoms with Crippen molar-refractivity contribution in [3.8, 4) is 67.8 Å². The Balaban J connectivity index is 1.18. The van der Waals surface area contributed by atoms with Crippen LogP contribution in [0.15, 0.2) is 170 Å². The van der Waals surface area contributed by atoms with Gasteiger partial charge in [-0.25, -0.2) is 19.9 Å². The minimum absolute atomic E-state index is 0.534. The standard InChI is InChI=1S/C44H28N4S/c1-4-14-29(15-5-1)34-22-11-24-36-37-25-12-23-35(41(37)49-40(34)36)32-20-10-21-33(28-32)43-46-42(31-18-8-3-9-19-31)47-44(48-43)39-27-13-26-38(45-39)30-16-6-2-7-17-30/h1-28H. The number of fused-ring (bicyclic) bond motifs is 3. The fourth-order valence-electron chi connectivity index (χ4n) is 6.38. The molecule has 9 rings (SSSR count). The molecule has 0 amide bonds. The van der Waals surface area contributed by atoms with Crippen molar-refractivity contribution in [1.82, 2.24) is 19.9 Å². The molecule has 0 N–H and O–H groups in total. The number of hydrogen-bond acceptors (Lipinski definition) is 5. The van der Waals surface area contributed by atoms with Gasteiger partial charge in [0.05, 0.1) is 5.69 Å². The van der Waals surface area contributed by atoms with Crippen LogP contribution in [0.4, 0.5) is 0 Å². The molecule has 6 aromatic carbocycles. The molecule has 0 spiro atoms. The molecule has 0 saturated heterocycles. The van der Waals surface area contributed by atoms with Gasteiger partial charge in [-0.2, -0.15) is 0 Å². The van der Waals surface area contributed by atoms with Crippen LogP contribution in [0.5, 0.6) is 0 Å². The van der Waals surface area contributed by atoms with Gasteiger partial charge in [0.2, 0.25) is 0 Å². The summed E-state index contributed by atoms with van der Waals surface area (Å²) in [5.41, 5.74) is 9.24. The highest BCUT2D eigenvalue weighted by molar-refractivity contribution is 7.26. The first-order valence-electron chi connectivity index (χ1n) is 16.2. The maximum Gasteiger partial charge on any atom is 0.182 e. The Hall–Kier alpha value is -6.30. The van der Waals surface area contributed by atoms with E-state index in [1.165, 1.54) is 36.9 Å². The first kappa shape index (κ1) is 28.9. The molecule has 0 bridgehead atoms. The number of hydrogen-bond donors (Lipinski definition) is 0. The van der Waals surface area contributed by atoms with Crippen LogP contribution < -0.4 is 0 Å². The second-order valence-corrected chi connectivity index (χ2v) is 12.9. The van der Waals surface area contributed by atoms with E-state index < -0.39 is 0 Å². The highest BCUT2D eigenvalue weighted by Gasteiger charge is 2.17. The van der Waals surface area contributed by atoms with Crippen LogP contribution in [-0.4, -0.2) is 19.9 Å². The number of aromatic nitrogens is 4. The number of benzene rings is 6. The molecule has 9 aromatic rings. The van der Waals surface area contributed by atoms with E-state index in [4.69, 9.17) is 19.9 Å². The summed E-state index contributed by atoms with van der Waals surface area (Å²) in [4.78, 5) is 19.9. The molecule has 4 nitrogen and oxygen atoms in total. The summed E-state index contributed by atoms with van der Waals surface area (Å²) in [6, 6.07) is 58.6. The van der Waals surface area contributed by atoms with Crippen LogP contribution in [0, 0.1) is 0 Å². The molecular weight excluding hydrogens is 617 g/mol. The van der Waals surface area contributed by atoms with Gasteiger partial charge in [0.15, 0.2) is 17.5 Å². The third kappa shape index (κ3) is 5.46. The van der Waals surface area contributed by atoms with E-state index >= 15 is 0 Å². The summed E-state index contributed by atoms with van der Waals surface area (Å²) in [7, 11) is 0. The molecule has 0 unspecified atom stereocenters. The van der Waals surface area contributed by atoms with Crippen LogP contribution in [0.3, 0.4) is 0 Å². The largest absolute Gasteiger partial charge is 0.244 e. The average molecular weight is 645 g/mol. The van der Waals surface area contributed by atoms with E-state index in [0.29, 0.717) is 23.2 Å². The van der Waals surface area contributed by atoms with Gasteiger partial charge in [-0.05, 0) is 40.5 Å². The van der Waals surface area contributed by atoms with E-state index in [1.807, 2.05) is 78.1 Å². The molecule has 0 atom stereocenters. The average Bonchev–Trinajstić information content (AvgIpc) is 3.58. The Kier molecular flexibility index (Phi) is 7.30. The van der Waals surface area contributed by atoms with Crippen LogP contribution in [-0.2, 0) is 0 Å². The predicted molar refractivity (Wildman–Crippen MR) is 203 cm³/mol. The summed E-state index contributed by atoms with van der Waals surface area (Å²) in [6.45, 7) is 0. The van der Waals surface area contributed by atoms with Gasteiger partial charge in [-0.1, -0.05) is 152 Å². The minimum Gasteiger partial charge on any atom is -0.244 e. The lowest BCUT2D eigenvalue weighted by Gasteiger charge is -2.10. The molecular formula is C44H28N4S. The maximum atomic E-state index is 5.03. The Bertz CT molecular complexity index is 2600. The lowest BCUT2D eigenvalue weighted by molar-refractivity contribution is 1.06. The summed E-state index contributed by atoms with van der Waals surface area (Å²) in [5.74, 6) is 1.75. The summed E-state index contributed by atoms with van der Waals surface area (Å²) < 4.78 is 2.56. The molecule has 0 fully saturated rings. The van der Waals surface area contributed by atoms with Gasteiger partial charge in [0.1, 0.15) is 5.69 Å². The highest BCUT2D eigenvalue weighted by atomic mass is 32.1. The number of thiophene rings is 1. The van der Waals surface area contributed by atoms with Crippen molar-refractivity contribution >= 4 is 31.5 Å². The van der Waals surface area contributed by atoms with Gasteiger partial charge in [-0.15, -0.1) is 11.3 Å². The van der Waals surface area contributed by atoms with E-state index in [0.717, 1.165) is 27.9 Å². The SMILES string of the molecule is c1ccc(-c2cccc(-c3nc(-c4ccccc4)nc(-c4cccc(-c5cccc6c5sc5c(-c7ccccc7)cccc56)c4)n3)n2)cc1. The third-order valence-electron chi connectivity index (χ3n) is 8.76. The zero-order valence-electron chi connectivity index (χ0n) is 26.4. The molecule has 5 heteroatoms. The Morgan fingerprint density at radius 1 is 0.306 bits per heavy atom. The van der Waals surface area contributed by atoms with Crippen LogP contribution in [0.1, 0.15) is 0 Å². The molecule has 49 heavy (non-hydrogen) atoms. The molecule has 0 aliphatic rings. The first-order valence-corrected chi connectivity index (χ1v) is 17.0. The monoisotopic (exact) mass is 644 g/mol. The fourth-order valence-corrected chi connectivity index (χ4v) is 7.75. The van der Waals surface area contributed by atoms with Gasteiger partial charge in [0.25, 0.3) is 0 Å². The summed E-state index contributed by atoms with van der Waals surface area (Å²) in [6.07, 6.45) is 0. The van der Waals surface area contributed by atoms with Crippen LogP contribution >= 0.6 is 11.3 Å². The lowest BCUT2D eigenvalue weighted by Crippen LogP contribution is -2.01. The zero-order chi connectivity index (χ0) is 32.6. The first-order chi connectivity index (χ1) is 24.3. The van der Waals surface area contributed by atoms with Crippen molar-refractivity contribution in [2.24, 2.45) is 0 Å². The summed E-state index contributed by atoms with van der Waals surface area (Å²) in [5, 5.41) is 2.54. The topological polar surface area (TPSA) is 51.6 Å². The second kappa shape index (κ2) is 12.4. The quantitative estimate of drug-likeness (QED) is 0.181. The van der Waals surface area contributed by atoms with Crippen LogP contribution in [0.25, 0.3) is 88.0 Å². The van der Waals surface area contributed by atoms with Gasteiger partial charge in [0, 0.05) is 36.9 Å². The molecule has 0 radical (unpaired) electrons. The smallest absolute Gasteiger partial charge is 0.182 e. The van der Waals surface area contributed by atoms with Crippen molar-refractivity contribution in [3.05, 3.63) is 170 Å². The van der Waals surface area contributed by atoms with E-state index in [9.17, 15) is 0 Å². The predicted octanol–water partition coefficient (Wildman–Crippen LogP) is 11.6. The number of nitrogens with zero attached hydrogens (tertiary/aromatic N) is 4.